The number of aryl methyl sites for hydroxylation is 1. The van der Waals surface area contributed by atoms with Gasteiger partial charge in [0.1, 0.15) is 11.5 Å². The average molecular weight is 493 g/mol. The second kappa shape index (κ2) is 11.5. The van der Waals surface area contributed by atoms with Crippen molar-refractivity contribution < 1.29 is 22.7 Å². The lowest BCUT2D eigenvalue weighted by molar-refractivity contribution is -0.119. The first-order valence-electron chi connectivity index (χ1n) is 12.6. The van der Waals surface area contributed by atoms with Crippen LogP contribution in [-0.4, -0.2) is 63.8 Å². The SMILES string of the molecule is Cn1cc(CC(=O)CC2CCC(F)(CCN3CCc4ccc(OCC(F)F)nc4CC3)CC2)cn1. The van der Waals surface area contributed by atoms with E-state index in [0.29, 0.717) is 45.1 Å². The van der Waals surface area contributed by atoms with Crippen LogP contribution in [0.4, 0.5) is 13.2 Å². The topological polar surface area (TPSA) is 60.2 Å². The first-order chi connectivity index (χ1) is 16.8. The van der Waals surface area contributed by atoms with Crippen LogP contribution in [0.15, 0.2) is 24.5 Å². The number of alkyl halides is 3. The Morgan fingerprint density at radius 3 is 2.71 bits per heavy atom. The number of nitrogens with zero attached hydrogens (tertiary/aromatic N) is 4. The third kappa shape index (κ3) is 7.53. The van der Waals surface area contributed by atoms with Gasteiger partial charge in [-0.05, 0) is 55.6 Å². The molecule has 1 aliphatic heterocycles. The number of pyridine rings is 1. The third-order valence-corrected chi connectivity index (χ3v) is 7.32. The van der Waals surface area contributed by atoms with Crippen molar-refractivity contribution in [2.75, 3.05) is 26.2 Å². The number of ketones is 1. The molecule has 0 saturated heterocycles. The van der Waals surface area contributed by atoms with E-state index in [1.165, 1.54) is 0 Å². The van der Waals surface area contributed by atoms with Crippen LogP contribution in [0.3, 0.4) is 0 Å². The molecule has 0 radical (unpaired) electrons. The largest absolute Gasteiger partial charge is 0.472 e. The summed E-state index contributed by atoms with van der Waals surface area (Å²) in [6.07, 6.45) is 6.51. The fraction of sp³-hybridized carbons (Fsp3) is 0.654. The summed E-state index contributed by atoms with van der Waals surface area (Å²) in [5, 5.41) is 4.11. The Morgan fingerprint density at radius 1 is 1.23 bits per heavy atom. The summed E-state index contributed by atoms with van der Waals surface area (Å²) >= 11 is 0. The molecule has 2 aromatic rings. The van der Waals surface area contributed by atoms with Gasteiger partial charge in [0.25, 0.3) is 6.43 Å². The summed E-state index contributed by atoms with van der Waals surface area (Å²) in [5.74, 6) is 0.703. The van der Waals surface area contributed by atoms with Crippen LogP contribution < -0.4 is 4.74 Å². The van der Waals surface area contributed by atoms with Crippen LogP contribution in [0.25, 0.3) is 0 Å². The number of ether oxygens (including phenoxy) is 1. The summed E-state index contributed by atoms with van der Waals surface area (Å²) < 4.78 is 47.1. The number of Topliss-reactive ketones (excluding diaryl/α,β-unsaturated/α-hetero) is 1. The highest BCUT2D eigenvalue weighted by Gasteiger charge is 2.36. The van der Waals surface area contributed by atoms with Gasteiger partial charge in [-0.25, -0.2) is 18.2 Å². The molecule has 0 unspecified atom stereocenters. The Balaban J connectivity index is 1.19. The molecule has 4 rings (SSSR count). The van der Waals surface area contributed by atoms with Gasteiger partial charge in [-0.15, -0.1) is 0 Å². The summed E-state index contributed by atoms with van der Waals surface area (Å²) in [4.78, 5) is 19.1. The summed E-state index contributed by atoms with van der Waals surface area (Å²) in [5.41, 5.74) is 1.74. The van der Waals surface area contributed by atoms with E-state index >= 15 is 4.39 Å². The molecule has 1 fully saturated rings. The molecule has 0 atom stereocenters. The van der Waals surface area contributed by atoms with Crippen molar-refractivity contribution in [2.24, 2.45) is 13.0 Å². The summed E-state index contributed by atoms with van der Waals surface area (Å²) in [6.45, 7) is 1.62. The smallest absolute Gasteiger partial charge is 0.272 e. The van der Waals surface area contributed by atoms with Crippen LogP contribution in [0.5, 0.6) is 5.88 Å². The zero-order chi connectivity index (χ0) is 24.8. The Bertz CT molecular complexity index is 989. The number of carbonyl (C=O) groups is 1. The molecule has 0 aromatic carbocycles. The van der Waals surface area contributed by atoms with Crippen molar-refractivity contribution in [3.05, 3.63) is 41.3 Å². The molecular formula is C26H35F3N4O2. The number of hydrogen-bond acceptors (Lipinski definition) is 5. The molecule has 6 nitrogen and oxygen atoms in total. The van der Waals surface area contributed by atoms with Crippen molar-refractivity contribution in [3.8, 4) is 5.88 Å². The van der Waals surface area contributed by atoms with E-state index in [0.717, 1.165) is 49.2 Å². The number of fused-ring (bicyclic) bond motifs is 1. The van der Waals surface area contributed by atoms with Gasteiger partial charge in [-0.1, -0.05) is 6.07 Å². The zero-order valence-corrected chi connectivity index (χ0v) is 20.4. The molecule has 35 heavy (non-hydrogen) atoms. The maximum absolute atomic E-state index is 15.5. The lowest BCUT2D eigenvalue weighted by Crippen LogP contribution is -2.36. The maximum Gasteiger partial charge on any atom is 0.272 e. The molecule has 1 aliphatic carbocycles. The lowest BCUT2D eigenvalue weighted by atomic mass is 9.76. The van der Waals surface area contributed by atoms with Crippen LogP contribution >= 0.6 is 0 Å². The van der Waals surface area contributed by atoms with E-state index in [1.54, 1.807) is 16.9 Å². The number of aromatic nitrogens is 3. The number of hydrogen-bond donors (Lipinski definition) is 0. The van der Waals surface area contributed by atoms with E-state index in [9.17, 15) is 13.6 Å². The fourth-order valence-electron chi connectivity index (χ4n) is 5.25. The van der Waals surface area contributed by atoms with Crippen molar-refractivity contribution in [1.29, 1.82) is 0 Å². The molecule has 0 amide bonds. The average Bonchev–Trinajstić information content (AvgIpc) is 3.12. The van der Waals surface area contributed by atoms with E-state index < -0.39 is 18.7 Å². The van der Waals surface area contributed by atoms with E-state index in [2.05, 4.69) is 15.0 Å². The van der Waals surface area contributed by atoms with Gasteiger partial charge in [0.15, 0.2) is 6.61 Å². The Hall–Kier alpha value is -2.42. The first kappa shape index (κ1) is 25.7. The maximum atomic E-state index is 15.5. The molecule has 1 saturated carbocycles. The Morgan fingerprint density at radius 2 is 2.00 bits per heavy atom. The van der Waals surface area contributed by atoms with Crippen LogP contribution in [0.2, 0.25) is 0 Å². The van der Waals surface area contributed by atoms with Crippen molar-refractivity contribution >= 4 is 5.78 Å². The molecule has 0 bridgehead atoms. The first-order valence-corrected chi connectivity index (χ1v) is 12.6. The molecule has 3 heterocycles. The van der Waals surface area contributed by atoms with Gasteiger partial charge in [0, 0.05) is 63.9 Å². The van der Waals surface area contributed by atoms with Crippen molar-refractivity contribution in [1.82, 2.24) is 19.7 Å². The second-order valence-electron chi connectivity index (χ2n) is 10.1. The van der Waals surface area contributed by atoms with Crippen molar-refractivity contribution in [2.45, 2.75) is 69.9 Å². The third-order valence-electron chi connectivity index (χ3n) is 7.32. The van der Waals surface area contributed by atoms with Gasteiger partial charge in [0.05, 0.1) is 6.20 Å². The predicted molar refractivity (Wildman–Crippen MR) is 127 cm³/mol. The van der Waals surface area contributed by atoms with Crippen LogP contribution in [0, 0.1) is 5.92 Å². The molecular weight excluding hydrogens is 457 g/mol. The number of halogens is 3. The minimum absolute atomic E-state index is 0.204. The van der Waals surface area contributed by atoms with E-state index in [4.69, 9.17) is 4.74 Å². The van der Waals surface area contributed by atoms with Gasteiger partial charge in [-0.2, -0.15) is 5.10 Å². The fourth-order valence-corrected chi connectivity index (χ4v) is 5.25. The van der Waals surface area contributed by atoms with Crippen LogP contribution in [-0.2, 0) is 31.1 Å². The highest BCUT2D eigenvalue weighted by molar-refractivity contribution is 5.80. The van der Waals surface area contributed by atoms with Gasteiger partial charge in [0.2, 0.25) is 5.88 Å². The van der Waals surface area contributed by atoms with Gasteiger partial charge >= 0.3 is 0 Å². The van der Waals surface area contributed by atoms with Crippen LogP contribution in [0.1, 0.15) is 55.3 Å². The Labute approximate surface area is 204 Å². The standard InChI is InChI=1S/C26H35F3N4O2/c1-32-17-20(16-30-32)15-22(34)14-19-4-8-26(29,9-5-19)10-13-33-11-6-21-2-3-25(35-18-24(27)28)31-23(21)7-12-33/h2-3,16-17,19,24H,4-15,18H2,1H3. The normalized spacial score (nSPS) is 23.2. The number of carbonyl (C=O) groups excluding carboxylic acids is 1. The Kier molecular flexibility index (Phi) is 8.46. The second-order valence-corrected chi connectivity index (χ2v) is 10.1. The molecule has 0 spiro atoms. The molecule has 9 heteroatoms. The molecule has 2 aromatic heterocycles. The summed E-state index contributed by atoms with van der Waals surface area (Å²) in [6, 6.07) is 3.55. The lowest BCUT2D eigenvalue weighted by Gasteiger charge is -2.35. The quantitative estimate of drug-likeness (QED) is 0.494. The molecule has 0 N–H and O–H groups in total. The van der Waals surface area contributed by atoms with E-state index in [-0.39, 0.29) is 17.6 Å². The monoisotopic (exact) mass is 492 g/mol. The molecule has 2 aliphatic rings. The number of rotatable bonds is 10. The van der Waals surface area contributed by atoms with Crippen molar-refractivity contribution in [3.63, 3.8) is 0 Å². The highest BCUT2D eigenvalue weighted by atomic mass is 19.3. The minimum Gasteiger partial charge on any atom is -0.472 e. The summed E-state index contributed by atoms with van der Waals surface area (Å²) in [7, 11) is 1.84. The highest BCUT2D eigenvalue weighted by Crippen LogP contribution is 2.39. The minimum atomic E-state index is -2.53. The van der Waals surface area contributed by atoms with Gasteiger partial charge in [-0.3, -0.25) is 9.48 Å². The molecule has 192 valence electrons. The predicted octanol–water partition coefficient (Wildman–Crippen LogP) is 4.35. The van der Waals surface area contributed by atoms with Gasteiger partial charge < -0.3 is 9.64 Å². The zero-order valence-electron chi connectivity index (χ0n) is 20.4. The van der Waals surface area contributed by atoms with E-state index in [1.807, 2.05) is 19.3 Å².